The molecule has 1 saturated carbocycles. The summed E-state index contributed by atoms with van der Waals surface area (Å²) in [4.78, 5) is 22.8. The van der Waals surface area contributed by atoms with Crippen LogP contribution in [0.5, 0.6) is 0 Å². The van der Waals surface area contributed by atoms with Gasteiger partial charge < -0.3 is 15.2 Å². The first-order valence-corrected chi connectivity index (χ1v) is 7.22. The van der Waals surface area contributed by atoms with Gasteiger partial charge in [0.05, 0.1) is 0 Å². The van der Waals surface area contributed by atoms with E-state index < -0.39 is 0 Å². The first-order chi connectivity index (χ1) is 9.70. The predicted octanol–water partition coefficient (Wildman–Crippen LogP) is 1.59. The van der Waals surface area contributed by atoms with Crippen LogP contribution in [0.15, 0.2) is 10.6 Å². The van der Waals surface area contributed by atoms with E-state index in [9.17, 15) is 9.59 Å². The number of carbonyl (C=O) groups excluding carboxylic acids is 2. The van der Waals surface area contributed by atoms with Gasteiger partial charge in [-0.2, -0.15) is 0 Å². The van der Waals surface area contributed by atoms with Crippen molar-refractivity contribution in [2.24, 2.45) is 0 Å². The number of hydrogen-bond acceptors (Lipinski definition) is 4. The highest BCUT2D eigenvalue weighted by atomic mass is 16.5. The first-order valence-electron chi connectivity index (χ1n) is 7.22. The molecule has 1 aliphatic rings. The molecule has 0 spiro atoms. The van der Waals surface area contributed by atoms with Crippen molar-refractivity contribution in [3.05, 3.63) is 17.5 Å². The van der Waals surface area contributed by atoms with Gasteiger partial charge in [0.25, 0.3) is 5.91 Å². The van der Waals surface area contributed by atoms with Gasteiger partial charge in [-0.25, -0.2) is 0 Å². The normalized spacial score (nSPS) is 14.1. The number of carbonyl (C=O) groups is 2. The Morgan fingerprint density at radius 2 is 2.00 bits per heavy atom. The number of amides is 2. The van der Waals surface area contributed by atoms with Crippen molar-refractivity contribution in [3.8, 4) is 0 Å². The predicted molar refractivity (Wildman–Crippen MR) is 73.3 cm³/mol. The smallest absolute Gasteiger partial charge is 0.273 e. The molecule has 2 rings (SSSR count). The fourth-order valence-electron chi connectivity index (χ4n) is 1.85. The largest absolute Gasteiger partial charge is 0.360 e. The summed E-state index contributed by atoms with van der Waals surface area (Å²) in [5.74, 6) is 1.14. The quantitative estimate of drug-likeness (QED) is 0.708. The molecule has 1 fully saturated rings. The van der Waals surface area contributed by atoms with Gasteiger partial charge in [0.1, 0.15) is 5.76 Å². The van der Waals surface area contributed by atoms with E-state index in [0.717, 1.165) is 31.4 Å². The summed E-state index contributed by atoms with van der Waals surface area (Å²) >= 11 is 0. The maximum Gasteiger partial charge on any atom is 0.273 e. The number of unbranched alkanes of at least 4 members (excludes halogenated alkanes) is 1. The lowest BCUT2D eigenvalue weighted by atomic mass is 10.2. The zero-order valence-corrected chi connectivity index (χ0v) is 11.8. The van der Waals surface area contributed by atoms with Gasteiger partial charge in [-0.15, -0.1) is 0 Å². The molecule has 0 saturated heterocycles. The van der Waals surface area contributed by atoms with Crippen LogP contribution in [0.4, 0.5) is 0 Å². The third-order valence-corrected chi connectivity index (χ3v) is 3.27. The number of nitrogens with zero attached hydrogens (tertiary/aromatic N) is 1. The second-order valence-corrected chi connectivity index (χ2v) is 5.06. The summed E-state index contributed by atoms with van der Waals surface area (Å²) in [6.45, 7) is 3.05. The summed E-state index contributed by atoms with van der Waals surface area (Å²) in [5, 5.41) is 9.38. The van der Waals surface area contributed by atoms with Crippen LogP contribution in [0.1, 0.15) is 61.2 Å². The van der Waals surface area contributed by atoms with Crippen molar-refractivity contribution in [2.75, 3.05) is 13.1 Å². The Morgan fingerprint density at radius 3 is 2.65 bits per heavy atom. The Bertz CT molecular complexity index is 466. The van der Waals surface area contributed by atoms with E-state index in [0.29, 0.717) is 31.1 Å². The van der Waals surface area contributed by atoms with E-state index in [2.05, 4.69) is 15.8 Å². The fourth-order valence-corrected chi connectivity index (χ4v) is 1.85. The molecule has 1 aromatic rings. The molecule has 6 heteroatoms. The fraction of sp³-hybridized carbons (Fsp3) is 0.643. The number of rotatable bonds is 8. The van der Waals surface area contributed by atoms with Gasteiger partial charge in [-0.3, -0.25) is 9.59 Å². The van der Waals surface area contributed by atoms with E-state index in [-0.39, 0.29) is 11.8 Å². The van der Waals surface area contributed by atoms with E-state index >= 15 is 0 Å². The molecule has 1 aliphatic carbocycles. The summed E-state index contributed by atoms with van der Waals surface area (Å²) in [7, 11) is 0. The lowest BCUT2D eigenvalue weighted by molar-refractivity contribution is -0.120. The zero-order chi connectivity index (χ0) is 14.4. The molecule has 20 heavy (non-hydrogen) atoms. The number of aromatic nitrogens is 1. The van der Waals surface area contributed by atoms with Crippen LogP contribution < -0.4 is 10.6 Å². The van der Waals surface area contributed by atoms with Gasteiger partial charge in [-0.05, 0) is 25.7 Å². The minimum atomic E-state index is -0.196. The Morgan fingerprint density at radius 1 is 1.30 bits per heavy atom. The topological polar surface area (TPSA) is 84.2 Å². The van der Waals surface area contributed by atoms with Crippen LogP contribution in [-0.4, -0.2) is 30.1 Å². The molecule has 2 N–H and O–H groups in total. The molecule has 6 nitrogen and oxygen atoms in total. The van der Waals surface area contributed by atoms with Gasteiger partial charge in [0.15, 0.2) is 5.69 Å². The summed E-state index contributed by atoms with van der Waals surface area (Å²) in [5.41, 5.74) is 0.353. The highest BCUT2D eigenvalue weighted by Gasteiger charge is 2.28. The molecule has 1 heterocycles. The van der Waals surface area contributed by atoms with Crippen LogP contribution in [-0.2, 0) is 4.79 Å². The van der Waals surface area contributed by atoms with Crippen molar-refractivity contribution < 1.29 is 14.1 Å². The van der Waals surface area contributed by atoms with Crippen LogP contribution >= 0.6 is 0 Å². The van der Waals surface area contributed by atoms with Crippen molar-refractivity contribution in [1.29, 1.82) is 0 Å². The molecule has 110 valence electrons. The molecule has 0 bridgehead atoms. The molecule has 0 aliphatic heterocycles. The van der Waals surface area contributed by atoms with Crippen LogP contribution in [0.3, 0.4) is 0 Å². The Kier molecular flexibility index (Phi) is 5.15. The summed E-state index contributed by atoms with van der Waals surface area (Å²) in [6, 6.07) is 1.73. The second kappa shape index (κ2) is 7.07. The monoisotopic (exact) mass is 279 g/mol. The standard InChI is InChI=1S/C14H21N3O3/c1-2-13(18)15-7-3-4-8-16-14(19)11-9-12(20-17-11)10-5-6-10/h9-10H,2-8H2,1H3,(H,15,18)(H,16,19). The molecule has 1 aromatic heterocycles. The maximum atomic E-state index is 11.8. The molecule has 0 atom stereocenters. The summed E-state index contributed by atoms with van der Waals surface area (Å²) < 4.78 is 5.13. The SMILES string of the molecule is CCC(=O)NCCCCNC(=O)c1cc(C2CC2)on1. The third kappa shape index (κ3) is 4.36. The van der Waals surface area contributed by atoms with Gasteiger partial charge >= 0.3 is 0 Å². The third-order valence-electron chi connectivity index (χ3n) is 3.27. The number of hydrogen-bond donors (Lipinski definition) is 2. The Labute approximate surface area is 118 Å². The van der Waals surface area contributed by atoms with Gasteiger partial charge in [-0.1, -0.05) is 12.1 Å². The van der Waals surface area contributed by atoms with Crippen molar-refractivity contribution in [1.82, 2.24) is 15.8 Å². The lowest BCUT2D eigenvalue weighted by Crippen LogP contribution is -2.27. The molecule has 2 amide bonds. The number of nitrogens with one attached hydrogen (secondary N) is 2. The molecular weight excluding hydrogens is 258 g/mol. The van der Waals surface area contributed by atoms with Gasteiger partial charge in [0.2, 0.25) is 5.91 Å². The maximum absolute atomic E-state index is 11.8. The highest BCUT2D eigenvalue weighted by molar-refractivity contribution is 5.92. The van der Waals surface area contributed by atoms with Crippen molar-refractivity contribution >= 4 is 11.8 Å². The van der Waals surface area contributed by atoms with E-state index in [4.69, 9.17) is 4.52 Å². The average Bonchev–Trinajstić information content (AvgIpc) is 3.19. The minimum absolute atomic E-state index is 0.0595. The summed E-state index contributed by atoms with van der Waals surface area (Å²) in [6.07, 6.45) is 4.42. The molecular formula is C14H21N3O3. The van der Waals surface area contributed by atoms with Crippen molar-refractivity contribution in [2.45, 2.75) is 44.9 Å². The zero-order valence-electron chi connectivity index (χ0n) is 11.8. The first kappa shape index (κ1) is 14.6. The van der Waals surface area contributed by atoms with Crippen LogP contribution in [0, 0.1) is 0 Å². The Hall–Kier alpha value is -1.85. The lowest BCUT2D eigenvalue weighted by Gasteiger charge is -2.04. The average molecular weight is 279 g/mol. The van der Waals surface area contributed by atoms with Crippen LogP contribution in [0.25, 0.3) is 0 Å². The highest BCUT2D eigenvalue weighted by Crippen LogP contribution is 2.40. The Balaban J connectivity index is 1.58. The van der Waals surface area contributed by atoms with Gasteiger partial charge in [0, 0.05) is 31.5 Å². The molecule has 0 unspecified atom stereocenters. The van der Waals surface area contributed by atoms with Crippen LogP contribution in [0.2, 0.25) is 0 Å². The van der Waals surface area contributed by atoms with E-state index in [1.165, 1.54) is 0 Å². The minimum Gasteiger partial charge on any atom is -0.360 e. The second-order valence-electron chi connectivity index (χ2n) is 5.06. The van der Waals surface area contributed by atoms with E-state index in [1.807, 2.05) is 6.92 Å². The molecule has 0 radical (unpaired) electrons. The van der Waals surface area contributed by atoms with E-state index in [1.54, 1.807) is 6.07 Å². The molecule has 0 aromatic carbocycles. The van der Waals surface area contributed by atoms with Crippen molar-refractivity contribution in [3.63, 3.8) is 0 Å².